The Morgan fingerprint density at radius 3 is 2.52 bits per heavy atom. The fraction of sp³-hybridized carbons (Fsp3) is 0.650. The second-order valence-electron chi connectivity index (χ2n) is 7.58. The van der Waals surface area contributed by atoms with Gasteiger partial charge in [0.25, 0.3) is 5.91 Å². The van der Waals surface area contributed by atoms with Crippen LogP contribution in [0.4, 0.5) is 0 Å². The van der Waals surface area contributed by atoms with Crippen LogP contribution in [0.3, 0.4) is 0 Å². The molecule has 0 aliphatic rings. The molecule has 25 heavy (non-hydrogen) atoms. The van der Waals surface area contributed by atoms with Crippen LogP contribution in [0, 0.1) is 5.41 Å². The van der Waals surface area contributed by atoms with Crippen LogP contribution >= 0.6 is 15.9 Å². The number of benzene rings is 1. The van der Waals surface area contributed by atoms with Crippen molar-refractivity contribution in [2.75, 3.05) is 6.61 Å². The van der Waals surface area contributed by atoms with Crippen LogP contribution in [0.2, 0.25) is 0 Å². The molecule has 0 fully saturated rings. The minimum absolute atomic E-state index is 0.172. The van der Waals surface area contributed by atoms with Gasteiger partial charge in [0.1, 0.15) is 5.75 Å². The fourth-order valence-electron chi connectivity index (χ4n) is 2.57. The van der Waals surface area contributed by atoms with Gasteiger partial charge in [-0.25, -0.2) is 0 Å². The summed E-state index contributed by atoms with van der Waals surface area (Å²) in [5.74, 6) is 0.535. The number of carbonyl (C=O) groups excluding carboxylic acids is 1. The lowest BCUT2D eigenvalue weighted by Crippen LogP contribution is -2.63. The molecule has 0 saturated heterocycles. The van der Waals surface area contributed by atoms with Crippen LogP contribution in [-0.4, -0.2) is 23.0 Å². The maximum absolute atomic E-state index is 12.6. The van der Waals surface area contributed by atoms with E-state index in [1.54, 1.807) is 12.1 Å². The first kappa shape index (κ1) is 22.0. The molecule has 5 heteroatoms. The number of nitrogens with one attached hydrogen (secondary N) is 1. The van der Waals surface area contributed by atoms with Gasteiger partial charge in [-0.1, -0.05) is 63.0 Å². The molecule has 1 aromatic rings. The molecule has 0 heterocycles. The van der Waals surface area contributed by atoms with E-state index in [1.165, 1.54) is 0 Å². The normalized spacial score (nSPS) is 15.3. The second kappa shape index (κ2) is 9.58. The summed E-state index contributed by atoms with van der Waals surface area (Å²) in [7, 11) is 0. The van der Waals surface area contributed by atoms with Gasteiger partial charge in [0.05, 0.1) is 12.3 Å². The molecule has 0 aliphatic heterocycles. The summed E-state index contributed by atoms with van der Waals surface area (Å²) in [5.41, 5.74) is 5.99. The minimum Gasteiger partial charge on any atom is -0.494 e. The van der Waals surface area contributed by atoms with Gasteiger partial charge in [-0.05, 0) is 42.9 Å². The van der Waals surface area contributed by atoms with E-state index in [1.807, 2.05) is 39.8 Å². The molecule has 0 aromatic heterocycles. The van der Waals surface area contributed by atoms with E-state index >= 15 is 0 Å². The Morgan fingerprint density at radius 1 is 1.28 bits per heavy atom. The molecular weight excluding hydrogens is 380 g/mol. The monoisotopic (exact) mass is 412 g/mol. The number of carbonyl (C=O) groups is 1. The standard InChI is InChI=1S/C20H33BrN2O2/c1-6-9-16(21)12-13-25-17-11-8-10-15(14-17)18(24)23-20(22,7-2)19(3,4)5/h8,10-11,14,16H,6-7,9,12-13,22H2,1-5H3,(H,23,24). The highest BCUT2D eigenvalue weighted by Gasteiger charge is 2.38. The lowest BCUT2D eigenvalue weighted by molar-refractivity contribution is 0.0765. The molecule has 1 amide bonds. The molecule has 0 saturated carbocycles. The van der Waals surface area contributed by atoms with Crippen molar-refractivity contribution in [1.82, 2.24) is 5.32 Å². The molecule has 142 valence electrons. The number of hydrogen-bond acceptors (Lipinski definition) is 3. The van der Waals surface area contributed by atoms with Gasteiger partial charge in [0, 0.05) is 10.4 Å². The fourth-order valence-corrected chi connectivity index (χ4v) is 3.22. The molecule has 4 nitrogen and oxygen atoms in total. The average molecular weight is 413 g/mol. The molecule has 0 radical (unpaired) electrons. The van der Waals surface area contributed by atoms with Crippen molar-refractivity contribution in [2.24, 2.45) is 11.1 Å². The summed E-state index contributed by atoms with van der Waals surface area (Å²) >= 11 is 3.65. The summed E-state index contributed by atoms with van der Waals surface area (Å²) in [6, 6.07) is 7.27. The number of ether oxygens (including phenoxy) is 1. The Kier molecular flexibility index (Phi) is 8.42. The lowest BCUT2D eigenvalue weighted by atomic mass is 9.79. The van der Waals surface area contributed by atoms with Gasteiger partial charge < -0.3 is 15.8 Å². The first-order chi connectivity index (χ1) is 11.6. The number of nitrogens with two attached hydrogens (primary N) is 1. The number of amides is 1. The van der Waals surface area contributed by atoms with Crippen LogP contribution in [0.15, 0.2) is 24.3 Å². The Balaban J connectivity index is 2.72. The zero-order chi connectivity index (χ0) is 19.1. The zero-order valence-corrected chi connectivity index (χ0v) is 17.8. The first-order valence-corrected chi connectivity index (χ1v) is 10.0. The number of halogens is 1. The Labute approximate surface area is 161 Å². The Morgan fingerprint density at radius 2 is 1.96 bits per heavy atom. The highest BCUT2D eigenvalue weighted by Crippen LogP contribution is 2.29. The largest absolute Gasteiger partial charge is 0.494 e. The SMILES string of the molecule is CCCC(Br)CCOc1cccc(C(=O)NC(N)(CC)C(C)(C)C)c1. The highest BCUT2D eigenvalue weighted by molar-refractivity contribution is 9.09. The topological polar surface area (TPSA) is 64.3 Å². The van der Waals surface area contributed by atoms with Crippen molar-refractivity contribution in [3.63, 3.8) is 0 Å². The van der Waals surface area contributed by atoms with Crippen LogP contribution < -0.4 is 15.8 Å². The van der Waals surface area contributed by atoms with Crippen molar-refractivity contribution in [2.45, 2.75) is 70.8 Å². The van der Waals surface area contributed by atoms with Crippen molar-refractivity contribution < 1.29 is 9.53 Å². The quantitative estimate of drug-likeness (QED) is 0.449. The maximum Gasteiger partial charge on any atom is 0.252 e. The van der Waals surface area contributed by atoms with Gasteiger partial charge in [0.2, 0.25) is 0 Å². The predicted molar refractivity (Wildman–Crippen MR) is 108 cm³/mol. The Bertz CT molecular complexity index is 557. The third-order valence-electron chi connectivity index (χ3n) is 4.63. The van der Waals surface area contributed by atoms with E-state index in [2.05, 4.69) is 28.2 Å². The zero-order valence-electron chi connectivity index (χ0n) is 16.2. The van der Waals surface area contributed by atoms with E-state index in [0.29, 0.717) is 29.2 Å². The molecule has 1 aromatic carbocycles. The Hall–Kier alpha value is -1.07. The van der Waals surface area contributed by atoms with Crippen molar-refractivity contribution in [3.05, 3.63) is 29.8 Å². The van der Waals surface area contributed by atoms with E-state index in [-0.39, 0.29) is 11.3 Å². The average Bonchev–Trinajstić information content (AvgIpc) is 2.54. The van der Waals surface area contributed by atoms with E-state index in [4.69, 9.17) is 10.5 Å². The molecule has 3 N–H and O–H groups in total. The van der Waals surface area contributed by atoms with Gasteiger partial charge in [-0.2, -0.15) is 0 Å². The molecular formula is C20H33BrN2O2. The van der Waals surface area contributed by atoms with Crippen molar-refractivity contribution in [3.8, 4) is 5.75 Å². The third-order valence-corrected chi connectivity index (χ3v) is 5.55. The molecule has 1 rings (SSSR count). The predicted octanol–water partition coefficient (Wildman–Crippen LogP) is 4.86. The summed E-state index contributed by atoms with van der Waals surface area (Å²) in [6.45, 7) is 10.9. The summed E-state index contributed by atoms with van der Waals surface area (Å²) in [5, 5.41) is 2.99. The smallest absolute Gasteiger partial charge is 0.252 e. The second-order valence-corrected chi connectivity index (χ2v) is 8.87. The summed E-state index contributed by atoms with van der Waals surface area (Å²) in [4.78, 5) is 13.1. The molecule has 0 spiro atoms. The number of rotatable bonds is 9. The molecule has 2 atom stereocenters. The van der Waals surface area contributed by atoms with Gasteiger partial charge in [-0.3, -0.25) is 4.79 Å². The van der Waals surface area contributed by atoms with E-state index in [0.717, 1.165) is 19.3 Å². The van der Waals surface area contributed by atoms with Gasteiger partial charge in [-0.15, -0.1) is 0 Å². The van der Waals surface area contributed by atoms with Crippen LogP contribution in [0.1, 0.15) is 70.7 Å². The minimum atomic E-state index is -0.760. The first-order valence-electron chi connectivity index (χ1n) is 9.11. The number of alkyl halides is 1. The maximum atomic E-state index is 12.6. The van der Waals surface area contributed by atoms with Crippen LogP contribution in [0.5, 0.6) is 5.75 Å². The molecule has 0 bridgehead atoms. The molecule has 2 unspecified atom stereocenters. The third kappa shape index (κ3) is 6.63. The van der Waals surface area contributed by atoms with E-state index < -0.39 is 5.66 Å². The van der Waals surface area contributed by atoms with Crippen molar-refractivity contribution in [1.29, 1.82) is 0 Å². The van der Waals surface area contributed by atoms with Gasteiger partial charge >= 0.3 is 0 Å². The summed E-state index contributed by atoms with van der Waals surface area (Å²) in [6.07, 6.45) is 3.88. The van der Waals surface area contributed by atoms with E-state index in [9.17, 15) is 4.79 Å². The van der Waals surface area contributed by atoms with Gasteiger partial charge in [0.15, 0.2) is 0 Å². The number of hydrogen-bond donors (Lipinski definition) is 2. The molecule has 0 aliphatic carbocycles. The van der Waals surface area contributed by atoms with Crippen LogP contribution in [0.25, 0.3) is 0 Å². The summed E-state index contributed by atoms with van der Waals surface area (Å²) < 4.78 is 5.80. The van der Waals surface area contributed by atoms with Crippen molar-refractivity contribution >= 4 is 21.8 Å². The lowest BCUT2D eigenvalue weighted by Gasteiger charge is -2.41. The van der Waals surface area contributed by atoms with Crippen LogP contribution in [-0.2, 0) is 0 Å². The highest BCUT2D eigenvalue weighted by atomic mass is 79.9.